The Morgan fingerprint density at radius 2 is 1.83 bits per heavy atom. The highest BCUT2D eigenvalue weighted by Crippen LogP contribution is 2.29. The first-order valence-corrected chi connectivity index (χ1v) is 9.02. The molecule has 0 bridgehead atoms. The van der Waals surface area contributed by atoms with Gasteiger partial charge in [-0.05, 0) is 49.7 Å². The van der Waals surface area contributed by atoms with E-state index in [9.17, 15) is 8.42 Å². The van der Waals surface area contributed by atoms with Crippen LogP contribution >= 0.6 is 11.6 Å². The molecule has 1 atom stereocenters. The number of hydrogen-bond acceptors (Lipinski definition) is 4. The Labute approximate surface area is 141 Å². The molecule has 0 saturated heterocycles. The molecular formula is C16H19ClN2O3S. The van der Waals surface area contributed by atoms with E-state index in [0.717, 1.165) is 0 Å². The van der Waals surface area contributed by atoms with E-state index >= 15 is 0 Å². The van der Waals surface area contributed by atoms with E-state index in [-0.39, 0.29) is 10.9 Å². The second-order valence-corrected chi connectivity index (χ2v) is 7.34. The van der Waals surface area contributed by atoms with E-state index in [4.69, 9.17) is 22.1 Å². The Balaban J connectivity index is 2.05. The molecule has 1 unspecified atom stereocenters. The van der Waals surface area contributed by atoms with E-state index in [2.05, 4.69) is 4.72 Å². The Bertz CT molecular complexity index is 746. The number of para-hydroxylation sites is 1. The molecule has 0 amide bonds. The molecule has 0 spiro atoms. The van der Waals surface area contributed by atoms with Gasteiger partial charge in [-0.3, -0.25) is 0 Å². The van der Waals surface area contributed by atoms with Crippen LogP contribution in [0.1, 0.15) is 13.3 Å². The van der Waals surface area contributed by atoms with Crippen LogP contribution in [0.2, 0.25) is 5.02 Å². The lowest BCUT2D eigenvalue weighted by molar-refractivity contribution is 0.482. The van der Waals surface area contributed by atoms with Crippen molar-refractivity contribution in [2.45, 2.75) is 24.3 Å². The topological polar surface area (TPSA) is 81.4 Å². The van der Waals surface area contributed by atoms with Gasteiger partial charge >= 0.3 is 0 Å². The van der Waals surface area contributed by atoms with Gasteiger partial charge in [0.2, 0.25) is 10.0 Å². The highest BCUT2D eigenvalue weighted by Gasteiger charge is 2.14. The number of ether oxygens (including phenoxy) is 1. The summed E-state index contributed by atoms with van der Waals surface area (Å²) in [4.78, 5) is 0.175. The first-order chi connectivity index (χ1) is 10.9. The molecule has 124 valence electrons. The summed E-state index contributed by atoms with van der Waals surface area (Å²) < 4.78 is 32.4. The monoisotopic (exact) mass is 354 g/mol. The third kappa shape index (κ3) is 5.21. The minimum absolute atomic E-state index is 0.0518. The molecule has 5 nitrogen and oxygen atoms in total. The fourth-order valence-electron chi connectivity index (χ4n) is 1.85. The van der Waals surface area contributed by atoms with Crippen LogP contribution in [0.4, 0.5) is 0 Å². The summed E-state index contributed by atoms with van der Waals surface area (Å²) in [6.45, 7) is 2.13. The molecule has 23 heavy (non-hydrogen) atoms. The van der Waals surface area contributed by atoms with Gasteiger partial charge in [-0.2, -0.15) is 0 Å². The second-order valence-electron chi connectivity index (χ2n) is 5.17. The molecular weight excluding hydrogens is 336 g/mol. The number of hydrogen-bond donors (Lipinski definition) is 2. The Kier molecular flexibility index (Phi) is 6.01. The first kappa shape index (κ1) is 17.7. The summed E-state index contributed by atoms with van der Waals surface area (Å²) in [5, 5.41) is 0.488. The van der Waals surface area contributed by atoms with Crippen molar-refractivity contribution in [2.75, 3.05) is 6.54 Å². The van der Waals surface area contributed by atoms with Gasteiger partial charge in [-0.1, -0.05) is 23.7 Å². The van der Waals surface area contributed by atoms with Crippen molar-refractivity contribution in [3.8, 4) is 11.5 Å². The fourth-order valence-corrected chi connectivity index (χ4v) is 3.07. The lowest BCUT2D eigenvalue weighted by Gasteiger charge is -2.10. The predicted molar refractivity (Wildman–Crippen MR) is 91.4 cm³/mol. The maximum Gasteiger partial charge on any atom is 0.240 e. The normalized spacial score (nSPS) is 12.8. The Hall–Kier alpha value is -1.60. The second kappa shape index (κ2) is 7.79. The standard InChI is InChI=1S/C16H19ClN2O3S/c1-12(18)10-11-19-23(20,21)14-8-6-13(7-9-14)22-16-5-3-2-4-15(16)17/h2-9,12,19H,10-11,18H2,1H3. The summed E-state index contributed by atoms with van der Waals surface area (Å²) in [5.41, 5.74) is 5.60. The van der Waals surface area contributed by atoms with E-state index in [1.165, 1.54) is 12.1 Å². The van der Waals surface area contributed by atoms with Crippen molar-refractivity contribution >= 4 is 21.6 Å². The highest BCUT2D eigenvalue weighted by molar-refractivity contribution is 7.89. The van der Waals surface area contributed by atoms with Crippen LogP contribution in [0, 0.1) is 0 Å². The maximum atomic E-state index is 12.1. The van der Waals surface area contributed by atoms with Crippen LogP contribution in [-0.2, 0) is 10.0 Å². The van der Waals surface area contributed by atoms with Crippen LogP contribution in [0.15, 0.2) is 53.4 Å². The van der Waals surface area contributed by atoms with Crippen molar-refractivity contribution in [1.29, 1.82) is 0 Å². The zero-order chi connectivity index (χ0) is 16.9. The van der Waals surface area contributed by atoms with Crippen molar-refractivity contribution in [1.82, 2.24) is 4.72 Å². The highest BCUT2D eigenvalue weighted by atomic mass is 35.5. The van der Waals surface area contributed by atoms with Gasteiger partial charge in [0.1, 0.15) is 11.5 Å². The Morgan fingerprint density at radius 3 is 2.43 bits per heavy atom. The Morgan fingerprint density at radius 1 is 1.17 bits per heavy atom. The van der Waals surface area contributed by atoms with Crippen LogP contribution < -0.4 is 15.2 Å². The SMILES string of the molecule is CC(N)CCNS(=O)(=O)c1ccc(Oc2ccccc2Cl)cc1. The molecule has 0 heterocycles. The molecule has 0 radical (unpaired) electrons. The molecule has 7 heteroatoms. The molecule has 2 aromatic carbocycles. The van der Waals surface area contributed by atoms with Gasteiger partial charge in [-0.15, -0.1) is 0 Å². The third-order valence-corrected chi connectivity index (χ3v) is 4.88. The third-order valence-electron chi connectivity index (χ3n) is 3.09. The lowest BCUT2D eigenvalue weighted by atomic mass is 10.3. The number of nitrogens with two attached hydrogens (primary N) is 1. The van der Waals surface area contributed by atoms with E-state index in [1.54, 1.807) is 30.3 Å². The van der Waals surface area contributed by atoms with Gasteiger partial charge < -0.3 is 10.5 Å². The maximum absolute atomic E-state index is 12.1. The van der Waals surface area contributed by atoms with Gasteiger partial charge in [0.05, 0.1) is 9.92 Å². The number of halogens is 1. The summed E-state index contributed by atoms with van der Waals surface area (Å²) in [5.74, 6) is 1.02. The van der Waals surface area contributed by atoms with Crippen molar-refractivity contribution in [3.63, 3.8) is 0 Å². The summed E-state index contributed by atoms with van der Waals surface area (Å²) in [6.07, 6.45) is 0.576. The van der Waals surface area contributed by atoms with Gasteiger partial charge in [0, 0.05) is 12.6 Å². The summed E-state index contributed by atoms with van der Waals surface area (Å²) in [6, 6.07) is 13.2. The van der Waals surface area contributed by atoms with E-state index < -0.39 is 10.0 Å². The van der Waals surface area contributed by atoms with Crippen molar-refractivity contribution in [2.24, 2.45) is 5.73 Å². The average molecular weight is 355 g/mol. The molecule has 2 aromatic rings. The fraction of sp³-hybridized carbons (Fsp3) is 0.250. The largest absolute Gasteiger partial charge is 0.456 e. The number of benzene rings is 2. The number of rotatable bonds is 7. The van der Waals surface area contributed by atoms with E-state index in [0.29, 0.717) is 29.5 Å². The summed E-state index contributed by atoms with van der Waals surface area (Å²) in [7, 11) is -3.54. The van der Waals surface area contributed by atoms with Gasteiger partial charge in [0.15, 0.2) is 0 Å². The zero-order valence-corrected chi connectivity index (χ0v) is 14.3. The first-order valence-electron chi connectivity index (χ1n) is 7.16. The van der Waals surface area contributed by atoms with Crippen LogP contribution in [0.3, 0.4) is 0 Å². The molecule has 0 aromatic heterocycles. The average Bonchev–Trinajstić information content (AvgIpc) is 2.49. The zero-order valence-electron chi connectivity index (χ0n) is 12.7. The molecule has 3 N–H and O–H groups in total. The lowest BCUT2D eigenvalue weighted by Crippen LogP contribution is -2.29. The van der Waals surface area contributed by atoms with Gasteiger partial charge in [0.25, 0.3) is 0 Å². The number of sulfonamides is 1. The molecule has 0 aliphatic carbocycles. The van der Waals surface area contributed by atoms with E-state index in [1.807, 2.05) is 13.0 Å². The minimum atomic E-state index is -3.54. The quantitative estimate of drug-likeness (QED) is 0.800. The van der Waals surface area contributed by atoms with Crippen molar-refractivity contribution < 1.29 is 13.2 Å². The van der Waals surface area contributed by atoms with Crippen LogP contribution in [0.25, 0.3) is 0 Å². The van der Waals surface area contributed by atoms with Crippen LogP contribution in [0.5, 0.6) is 11.5 Å². The minimum Gasteiger partial charge on any atom is -0.456 e. The predicted octanol–water partition coefficient (Wildman–Crippen LogP) is 3.15. The molecule has 2 rings (SSSR count). The van der Waals surface area contributed by atoms with Crippen LogP contribution in [-0.4, -0.2) is 21.0 Å². The van der Waals surface area contributed by atoms with Gasteiger partial charge in [-0.25, -0.2) is 13.1 Å². The summed E-state index contributed by atoms with van der Waals surface area (Å²) >= 11 is 6.02. The smallest absolute Gasteiger partial charge is 0.240 e. The molecule has 0 fully saturated rings. The number of nitrogens with one attached hydrogen (secondary N) is 1. The molecule has 0 aliphatic rings. The molecule has 0 aliphatic heterocycles. The molecule has 0 saturated carbocycles. The van der Waals surface area contributed by atoms with Crippen molar-refractivity contribution in [3.05, 3.63) is 53.6 Å².